The molecule has 1 rings (SSSR count). The van der Waals surface area contributed by atoms with Crippen LogP contribution in [0.25, 0.3) is 0 Å². The standard InChI is InChI=1S/C7H11F/c1-6-3-2-4-7(8)5-6/h7H,1-5H2/t7-/m0/s1. The van der Waals surface area contributed by atoms with E-state index >= 15 is 0 Å². The first-order valence-electron chi connectivity index (χ1n) is 3.10. The second-order valence-corrected chi connectivity index (χ2v) is 2.44. The Hall–Kier alpha value is -0.330. The Morgan fingerprint density at radius 3 is 2.75 bits per heavy atom. The van der Waals surface area contributed by atoms with E-state index in [4.69, 9.17) is 0 Å². The van der Waals surface area contributed by atoms with Gasteiger partial charge < -0.3 is 0 Å². The van der Waals surface area contributed by atoms with Gasteiger partial charge in [-0.05, 0) is 25.7 Å². The lowest BCUT2D eigenvalue weighted by atomic mass is 9.95. The molecule has 0 aliphatic heterocycles. The van der Waals surface area contributed by atoms with Gasteiger partial charge in [0.15, 0.2) is 0 Å². The molecule has 1 fully saturated rings. The lowest BCUT2D eigenvalue weighted by molar-refractivity contribution is 0.284. The van der Waals surface area contributed by atoms with Gasteiger partial charge in [0.1, 0.15) is 6.17 Å². The highest BCUT2D eigenvalue weighted by Gasteiger charge is 2.13. The van der Waals surface area contributed by atoms with E-state index in [9.17, 15) is 4.39 Å². The normalized spacial score (nSPS) is 30.6. The Kier molecular flexibility index (Phi) is 1.66. The van der Waals surface area contributed by atoms with Crippen LogP contribution in [-0.4, -0.2) is 6.17 Å². The molecule has 0 aromatic carbocycles. The summed E-state index contributed by atoms with van der Waals surface area (Å²) in [6.07, 6.45) is 2.82. The summed E-state index contributed by atoms with van der Waals surface area (Å²) in [5, 5.41) is 0. The number of allylic oxidation sites excluding steroid dienone is 1. The molecule has 0 radical (unpaired) electrons. The number of halogens is 1. The topological polar surface area (TPSA) is 0 Å². The van der Waals surface area contributed by atoms with E-state index in [0.29, 0.717) is 6.42 Å². The highest BCUT2D eigenvalue weighted by molar-refractivity contribution is 4.99. The van der Waals surface area contributed by atoms with Crippen molar-refractivity contribution in [3.63, 3.8) is 0 Å². The van der Waals surface area contributed by atoms with Crippen LogP contribution in [0, 0.1) is 0 Å². The monoisotopic (exact) mass is 114 g/mol. The van der Waals surface area contributed by atoms with Gasteiger partial charge in [-0.3, -0.25) is 0 Å². The van der Waals surface area contributed by atoms with Gasteiger partial charge in [-0.15, -0.1) is 0 Å². The maximum absolute atomic E-state index is 12.4. The third-order valence-electron chi connectivity index (χ3n) is 1.56. The van der Waals surface area contributed by atoms with E-state index in [1.165, 1.54) is 0 Å². The minimum atomic E-state index is -0.587. The van der Waals surface area contributed by atoms with Crippen LogP contribution < -0.4 is 0 Å². The Labute approximate surface area is 49.4 Å². The SMILES string of the molecule is C=C1CCC[C@H](F)C1. The quantitative estimate of drug-likeness (QED) is 0.424. The van der Waals surface area contributed by atoms with Crippen molar-refractivity contribution in [3.8, 4) is 0 Å². The second-order valence-electron chi connectivity index (χ2n) is 2.44. The fourth-order valence-electron chi connectivity index (χ4n) is 1.09. The maximum Gasteiger partial charge on any atom is 0.104 e. The molecule has 0 aromatic heterocycles. The second kappa shape index (κ2) is 2.29. The third kappa shape index (κ3) is 1.32. The molecule has 1 aliphatic carbocycles. The van der Waals surface area contributed by atoms with E-state index in [1.807, 2.05) is 0 Å². The van der Waals surface area contributed by atoms with Crippen molar-refractivity contribution in [1.82, 2.24) is 0 Å². The predicted molar refractivity (Wildman–Crippen MR) is 32.5 cm³/mol. The first-order valence-corrected chi connectivity index (χ1v) is 3.10. The van der Waals surface area contributed by atoms with Crippen LogP contribution in [0.4, 0.5) is 4.39 Å². The zero-order chi connectivity index (χ0) is 5.98. The maximum atomic E-state index is 12.4. The first kappa shape index (κ1) is 5.80. The van der Waals surface area contributed by atoms with Crippen LogP contribution in [0.1, 0.15) is 25.7 Å². The summed E-state index contributed by atoms with van der Waals surface area (Å²) >= 11 is 0. The van der Waals surface area contributed by atoms with E-state index < -0.39 is 6.17 Å². The number of rotatable bonds is 0. The molecule has 0 saturated heterocycles. The fraction of sp³-hybridized carbons (Fsp3) is 0.714. The molecule has 0 heterocycles. The molecule has 1 aliphatic rings. The van der Waals surface area contributed by atoms with Gasteiger partial charge in [0.25, 0.3) is 0 Å². The van der Waals surface area contributed by atoms with E-state index in [1.54, 1.807) is 0 Å². The summed E-state index contributed by atoms with van der Waals surface area (Å²) in [6, 6.07) is 0. The van der Waals surface area contributed by atoms with Gasteiger partial charge in [0.05, 0.1) is 0 Å². The Morgan fingerprint density at radius 1 is 1.62 bits per heavy atom. The third-order valence-corrected chi connectivity index (χ3v) is 1.56. The van der Waals surface area contributed by atoms with Crippen molar-refractivity contribution in [3.05, 3.63) is 12.2 Å². The highest BCUT2D eigenvalue weighted by atomic mass is 19.1. The molecule has 46 valence electrons. The predicted octanol–water partition coefficient (Wildman–Crippen LogP) is 2.45. The Balaban J connectivity index is 2.34. The Bertz CT molecular complexity index is 96.6. The molecule has 1 saturated carbocycles. The van der Waals surface area contributed by atoms with Crippen LogP contribution in [0.2, 0.25) is 0 Å². The van der Waals surface area contributed by atoms with Crippen molar-refractivity contribution in [2.75, 3.05) is 0 Å². The molecule has 0 spiro atoms. The van der Waals surface area contributed by atoms with Gasteiger partial charge >= 0.3 is 0 Å². The molecule has 0 nitrogen and oxygen atoms in total. The van der Waals surface area contributed by atoms with Crippen LogP contribution in [0.5, 0.6) is 0 Å². The number of alkyl halides is 1. The van der Waals surface area contributed by atoms with Gasteiger partial charge in [-0.2, -0.15) is 0 Å². The molecule has 8 heavy (non-hydrogen) atoms. The summed E-state index contributed by atoms with van der Waals surface area (Å²) in [7, 11) is 0. The lowest BCUT2D eigenvalue weighted by Crippen LogP contribution is -2.06. The van der Waals surface area contributed by atoms with Crippen molar-refractivity contribution in [1.29, 1.82) is 0 Å². The van der Waals surface area contributed by atoms with E-state index in [2.05, 4.69) is 6.58 Å². The molecule has 0 amide bonds. The van der Waals surface area contributed by atoms with Gasteiger partial charge in [0, 0.05) is 0 Å². The van der Waals surface area contributed by atoms with E-state index in [0.717, 1.165) is 24.8 Å². The van der Waals surface area contributed by atoms with Gasteiger partial charge in [0.2, 0.25) is 0 Å². The summed E-state index contributed by atoms with van der Waals surface area (Å²) < 4.78 is 12.4. The molecule has 1 heteroatoms. The average Bonchev–Trinajstić information content (AvgIpc) is 1.64. The van der Waals surface area contributed by atoms with Gasteiger partial charge in [-0.1, -0.05) is 12.2 Å². The van der Waals surface area contributed by atoms with Crippen molar-refractivity contribution in [2.24, 2.45) is 0 Å². The lowest BCUT2D eigenvalue weighted by Gasteiger charge is -2.15. The number of hydrogen-bond donors (Lipinski definition) is 0. The molecule has 0 unspecified atom stereocenters. The number of hydrogen-bond acceptors (Lipinski definition) is 0. The van der Waals surface area contributed by atoms with Crippen LogP contribution >= 0.6 is 0 Å². The molecule has 0 bridgehead atoms. The zero-order valence-electron chi connectivity index (χ0n) is 4.99. The fourth-order valence-corrected chi connectivity index (χ4v) is 1.09. The minimum Gasteiger partial charge on any atom is -0.247 e. The summed E-state index contributed by atoms with van der Waals surface area (Å²) in [5.41, 5.74) is 1.09. The first-order chi connectivity index (χ1) is 3.79. The molecule has 1 atom stereocenters. The summed E-state index contributed by atoms with van der Waals surface area (Å²) in [5.74, 6) is 0. The largest absolute Gasteiger partial charge is 0.247 e. The van der Waals surface area contributed by atoms with E-state index in [-0.39, 0.29) is 0 Å². The van der Waals surface area contributed by atoms with Gasteiger partial charge in [-0.25, -0.2) is 4.39 Å². The molecular weight excluding hydrogens is 103 g/mol. The van der Waals surface area contributed by atoms with Crippen molar-refractivity contribution in [2.45, 2.75) is 31.9 Å². The highest BCUT2D eigenvalue weighted by Crippen LogP contribution is 2.23. The molecule has 0 aromatic rings. The zero-order valence-corrected chi connectivity index (χ0v) is 4.99. The smallest absolute Gasteiger partial charge is 0.104 e. The van der Waals surface area contributed by atoms with Crippen LogP contribution in [-0.2, 0) is 0 Å². The van der Waals surface area contributed by atoms with Crippen molar-refractivity contribution >= 4 is 0 Å². The molecule has 0 N–H and O–H groups in total. The van der Waals surface area contributed by atoms with Crippen molar-refractivity contribution < 1.29 is 4.39 Å². The van der Waals surface area contributed by atoms with Crippen LogP contribution in [0.15, 0.2) is 12.2 Å². The Morgan fingerprint density at radius 2 is 2.38 bits per heavy atom. The summed E-state index contributed by atoms with van der Waals surface area (Å²) in [6.45, 7) is 3.72. The molecular formula is C7H11F. The average molecular weight is 114 g/mol. The van der Waals surface area contributed by atoms with Crippen LogP contribution in [0.3, 0.4) is 0 Å². The summed E-state index contributed by atoms with van der Waals surface area (Å²) in [4.78, 5) is 0. The minimum absolute atomic E-state index is 0.587.